The number of hydrogen-bond donors (Lipinski definition) is 1. The molecular weight excluding hydrogens is 332 g/mol. The van der Waals surface area contributed by atoms with E-state index in [1.54, 1.807) is 19.2 Å². The number of aromatic nitrogens is 2. The maximum atomic E-state index is 9.45. The molecule has 1 aromatic heterocycles. The van der Waals surface area contributed by atoms with Crippen LogP contribution in [0.2, 0.25) is 0 Å². The van der Waals surface area contributed by atoms with Crippen LogP contribution < -0.4 is 19.9 Å². The Hall–Kier alpha value is -3.79. The zero-order valence-corrected chi connectivity index (χ0v) is 13.9. The molecule has 0 unspecified atom stereocenters. The number of rotatable bonds is 3. The summed E-state index contributed by atoms with van der Waals surface area (Å²) in [6, 6.07) is 13.0. The Labute approximate surface area is 149 Å². The van der Waals surface area contributed by atoms with Crippen molar-refractivity contribution in [1.82, 2.24) is 9.97 Å². The number of ether oxygens (including phenoxy) is 3. The molecule has 1 aliphatic rings. The van der Waals surface area contributed by atoms with Gasteiger partial charge in [0.25, 0.3) is 0 Å². The fourth-order valence-corrected chi connectivity index (χ4v) is 2.75. The highest BCUT2D eigenvalue weighted by molar-refractivity contribution is 5.84. The number of hydrogen-bond acceptors (Lipinski definition) is 7. The van der Waals surface area contributed by atoms with Gasteiger partial charge < -0.3 is 19.9 Å². The van der Waals surface area contributed by atoms with Crippen molar-refractivity contribution in [2.24, 2.45) is 0 Å². The van der Waals surface area contributed by atoms with E-state index in [4.69, 9.17) is 19.9 Å². The first-order valence-electron chi connectivity index (χ1n) is 7.81. The molecule has 0 bridgehead atoms. The van der Waals surface area contributed by atoms with Gasteiger partial charge in [-0.3, -0.25) is 0 Å². The molecule has 2 heterocycles. The molecule has 2 aromatic carbocycles. The first kappa shape index (κ1) is 15.7. The maximum absolute atomic E-state index is 9.45. The van der Waals surface area contributed by atoms with E-state index in [2.05, 4.69) is 16.0 Å². The Kier molecular flexibility index (Phi) is 3.78. The van der Waals surface area contributed by atoms with Gasteiger partial charge in [0.05, 0.1) is 24.1 Å². The Morgan fingerprint density at radius 2 is 1.96 bits per heavy atom. The van der Waals surface area contributed by atoms with Crippen molar-refractivity contribution in [1.29, 1.82) is 5.26 Å². The van der Waals surface area contributed by atoms with E-state index in [0.717, 1.165) is 11.3 Å². The van der Waals surface area contributed by atoms with Gasteiger partial charge in [-0.25, -0.2) is 9.97 Å². The van der Waals surface area contributed by atoms with Crippen LogP contribution in [0.4, 0.5) is 5.69 Å². The van der Waals surface area contributed by atoms with Crippen LogP contribution in [0.25, 0.3) is 22.6 Å². The summed E-state index contributed by atoms with van der Waals surface area (Å²) in [4.78, 5) is 8.87. The number of nitrogens with two attached hydrogens (primary N) is 1. The third-order valence-corrected chi connectivity index (χ3v) is 4.09. The Balaban J connectivity index is 1.84. The minimum absolute atomic E-state index is 0.120. The van der Waals surface area contributed by atoms with E-state index in [9.17, 15) is 5.26 Å². The van der Waals surface area contributed by atoms with Crippen molar-refractivity contribution in [3.8, 4) is 46.0 Å². The summed E-state index contributed by atoms with van der Waals surface area (Å²) in [6.07, 6.45) is 1.49. The van der Waals surface area contributed by atoms with Crippen molar-refractivity contribution in [2.45, 2.75) is 0 Å². The largest absolute Gasteiger partial charge is 0.497 e. The molecule has 3 aromatic rings. The summed E-state index contributed by atoms with van der Waals surface area (Å²) in [7, 11) is 1.60. The lowest BCUT2D eigenvalue weighted by Crippen LogP contribution is -2.00. The quantitative estimate of drug-likeness (QED) is 0.727. The fraction of sp³-hybridized carbons (Fsp3) is 0.105. The number of nitrogen functional groups attached to an aromatic ring is 1. The van der Waals surface area contributed by atoms with Crippen LogP contribution >= 0.6 is 0 Å². The second kappa shape index (κ2) is 6.26. The number of nitrogens with zero attached hydrogens (tertiary/aromatic N) is 3. The van der Waals surface area contributed by atoms with Crippen LogP contribution in [-0.4, -0.2) is 23.9 Å². The first-order valence-corrected chi connectivity index (χ1v) is 7.81. The van der Waals surface area contributed by atoms with Crippen molar-refractivity contribution in [2.75, 3.05) is 19.6 Å². The second-order valence-electron chi connectivity index (χ2n) is 5.56. The van der Waals surface area contributed by atoms with Crippen molar-refractivity contribution < 1.29 is 14.2 Å². The molecule has 4 rings (SSSR count). The first-order chi connectivity index (χ1) is 12.7. The van der Waals surface area contributed by atoms with Crippen LogP contribution in [0.15, 0.2) is 42.6 Å². The zero-order chi connectivity index (χ0) is 18.1. The Morgan fingerprint density at radius 1 is 1.15 bits per heavy atom. The van der Waals surface area contributed by atoms with Gasteiger partial charge in [-0.05, 0) is 36.4 Å². The lowest BCUT2D eigenvalue weighted by Gasteiger charge is -2.11. The topological polar surface area (TPSA) is 103 Å². The summed E-state index contributed by atoms with van der Waals surface area (Å²) >= 11 is 0. The van der Waals surface area contributed by atoms with Gasteiger partial charge in [-0.15, -0.1) is 0 Å². The minimum atomic E-state index is 0.120. The average Bonchev–Trinajstić information content (AvgIpc) is 3.18. The number of nitriles is 1. The number of fused-ring (bicyclic) bond motifs is 1. The van der Waals surface area contributed by atoms with Crippen molar-refractivity contribution in [3.63, 3.8) is 0 Å². The lowest BCUT2D eigenvalue weighted by molar-refractivity contribution is 0.174. The number of anilines is 1. The fourth-order valence-electron chi connectivity index (χ4n) is 2.75. The van der Waals surface area contributed by atoms with Gasteiger partial charge in [0.1, 0.15) is 11.8 Å². The molecule has 0 amide bonds. The van der Waals surface area contributed by atoms with Crippen LogP contribution in [0, 0.1) is 11.3 Å². The summed E-state index contributed by atoms with van der Waals surface area (Å²) < 4.78 is 15.9. The highest BCUT2D eigenvalue weighted by atomic mass is 16.7. The second-order valence-corrected chi connectivity index (χ2v) is 5.56. The highest BCUT2D eigenvalue weighted by Gasteiger charge is 2.22. The van der Waals surface area contributed by atoms with Crippen LogP contribution in [0.5, 0.6) is 17.2 Å². The Bertz CT molecular complexity index is 1030. The smallest absolute Gasteiger partial charge is 0.231 e. The van der Waals surface area contributed by atoms with Gasteiger partial charge in [-0.1, -0.05) is 0 Å². The molecule has 0 atom stereocenters. The van der Waals surface area contributed by atoms with E-state index in [1.165, 1.54) is 6.20 Å². The third-order valence-electron chi connectivity index (χ3n) is 4.09. The summed E-state index contributed by atoms with van der Waals surface area (Å²) in [5, 5.41) is 9.45. The molecule has 0 saturated carbocycles. The molecule has 0 spiro atoms. The summed E-state index contributed by atoms with van der Waals surface area (Å²) in [6.45, 7) is 0.120. The van der Waals surface area contributed by atoms with Crippen LogP contribution in [0.1, 0.15) is 5.56 Å². The predicted molar refractivity (Wildman–Crippen MR) is 94.7 cm³/mol. The van der Waals surface area contributed by atoms with E-state index in [1.807, 2.05) is 24.3 Å². The summed E-state index contributed by atoms with van der Waals surface area (Å²) in [5.41, 5.74) is 8.79. The van der Waals surface area contributed by atoms with Gasteiger partial charge in [0, 0.05) is 17.3 Å². The minimum Gasteiger partial charge on any atom is -0.497 e. The van der Waals surface area contributed by atoms with Gasteiger partial charge in [0.15, 0.2) is 17.3 Å². The van der Waals surface area contributed by atoms with Crippen LogP contribution in [-0.2, 0) is 0 Å². The van der Waals surface area contributed by atoms with Crippen LogP contribution in [0.3, 0.4) is 0 Å². The maximum Gasteiger partial charge on any atom is 0.231 e. The SMILES string of the molecule is COc1ccc(-c2ncc(C#N)c(-c3ccc4c(c3N)OCO4)n2)cc1. The normalized spacial score (nSPS) is 11.8. The molecule has 128 valence electrons. The number of methoxy groups -OCH3 is 1. The number of benzene rings is 2. The Morgan fingerprint density at radius 3 is 2.69 bits per heavy atom. The van der Waals surface area contributed by atoms with Gasteiger partial charge >= 0.3 is 0 Å². The van der Waals surface area contributed by atoms with E-state index in [-0.39, 0.29) is 6.79 Å². The van der Waals surface area contributed by atoms with E-state index < -0.39 is 0 Å². The van der Waals surface area contributed by atoms with Gasteiger partial charge in [0.2, 0.25) is 6.79 Å². The molecule has 2 N–H and O–H groups in total. The molecule has 0 aliphatic carbocycles. The third kappa shape index (κ3) is 2.54. The van der Waals surface area contributed by atoms with Gasteiger partial charge in [-0.2, -0.15) is 5.26 Å². The van der Waals surface area contributed by atoms with E-state index >= 15 is 0 Å². The molecule has 1 aliphatic heterocycles. The zero-order valence-electron chi connectivity index (χ0n) is 13.9. The molecule has 0 saturated heterocycles. The summed E-state index contributed by atoms with van der Waals surface area (Å²) in [5.74, 6) is 2.27. The molecule has 7 nitrogen and oxygen atoms in total. The standard InChI is InChI=1S/C19H14N4O3/c1-24-13-4-2-11(3-5-13)19-22-9-12(8-20)17(23-19)14-6-7-15-18(16(14)21)26-10-25-15/h2-7,9H,10,21H2,1H3. The molecule has 0 fully saturated rings. The molecule has 7 heteroatoms. The lowest BCUT2D eigenvalue weighted by atomic mass is 10.0. The van der Waals surface area contributed by atoms with Crippen molar-refractivity contribution >= 4 is 5.69 Å². The highest BCUT2D eigenvalue weighted by Crippen LogP contribution is 2.43. The predicted octanol–water partition coefficient (Wildman–Crippen LogP) is 3.00. The molecule has 0 radical (unpaired) electrons. The van der Waals surface area contributed by atoms with Crippen molar-refractivity contribution in [3.05, 3.63) is 48.2 Å². The monoisotopic (exact) mass is 346 g/mol. The molecule has 26 heavy (non-hydrogen) atoms. The molecular formula is C19H14N4O3. The van der Waals surface area contributed by atoms with E-state index in [0.29, 0.717) is 39.8 Å². The average molecular weight is 346 g/mol.